The molecule has 2 fully saturated rings. The number of likely N-dealkylation sites (tertiary alicyclic amines) is 1. The van der Waals surface area contributed by atoms with Crippen LogP contribution in [-0.4, -0.2) is 35.9 Å². The highest BCUT2D eigenvalue weighted by Gasteiger charge is 2.37. The highest BCUT2D eigenvalue weighted by atomic mass is 16.6. The number of piperidine rings is 1. The number of nitro benzene ring substituents is 1. The Kier molecular flexibility index (Phi) is 4.73. The van der Waals surface area contributed by atoms with Gasteiger partial charge in [0.15, 0.2) is 0 Å². The normalized spacial score (nSPS) is 20.0. The average Bonchev–Trinajstić information content (AvgIpc) is 2.62. The van der Waals surface area contributed by atoms with E-state index in [2.05, 4.69) is 0 Å². The summed E-state index contributed by atoms with van der Waals surface area (Å²) in [6, 6.07) is 4.34. The fourth-order valence-corrected chi connectivity index (χ4v) is 4.13. The van der Waals surface area contributed by atoms with Gasteiger partial charge in [-0.05, 0) is 43.2 Å². The maximum Gasteiger partial charge on any atom is 0.282 e. The largest absolute Gasteiger partial charge is 0.497 e. The van der Waals surface area contributed by atoms with Crippen LogP contribution in [0.1, 0.15) is 55.3 Å². The maximum absolute atomic E-state index is 12.8. The van der Waals surface area contributed by atoms with Gasteiger partial charge >= 0.3 is 0 Å². The molecular formula is C18H24N2O4. The SMILES string of the molecule is COc1ccc([N+](=O)[O-])c(C(=O)N2CCC3(CCCCC3)CC2)c1. The molecule has 0 radical (unpaired) electrons. The van der Waals surface area contributed by atoms with E-state index in [-0.39, 0.29) is 17.2 Å². The van der Waals surface area contributed by atoms with E-state index in [9.17, 15) is 14.9 Å². The zero-order chi connectivity index (χ0) is 17.2. The fourth-order valence-electron chi connectivity index (χ4n) is 4.13. The monoisotopic (exact) mass is 332 g/mol. The molecule has 1 heterocycles. The lowest BCUT2D eigenvalue weighted by Crippen LogP contribution is -2.44. The molecule has 0 N–H and O–H groups in total. The Morgan fingerprint density at radius 2 is 1.83 bits per heavy atom. The van der Waals surface area contributed by atoms with E-state index < -0.39 is 4.92 Å². The molecule has 1 aromatic carbocycles. The van der Waals surface area contributed by atoms with Gasteiger partial charge in [-0.3, -0.25) is 14.9 Å². The van der Waals surface area contributed by atoms with Gasteiger partial charge in [0.25, 0.3) is 11.6 Å². The summed E-state index contributed by atoms with van der Waals surface area (Å²) in [6.07, 6.45) is 8.43. The van der Waals surface area contributed by atoms with Gasteiger partial charge in [-0.25, -0.2) is 0 Å². The van der Waals surface area contributed by atoms with Crippen LogP contribution in [0.3, 0.4) is 0 Å². The Morgan fingerprint density at radius 1 is 1.17 bits per heavy atom. The molecule has 24 heavy (non-hydrogen) atoms. The third-order valence-corrected chi connectivity index (χ3v) is 5.66. The van der Waals surface area contributed by atoms with Crippen molar-refractivity contribution in [1.29, 1.82) is 0 Å². The second-order valence-electron chi connectivity index (χ2n) is 6.99. The summed E-state index contributed by atoms with van der Waals surface area (Å²) in [6.45, 7) is 1.38. The van der Waals surface area contributed by atoms with Crippen molar-refractivity contribution in [2.45, 2.75) is 44.9 Å². The average molecular weight is 332 g/mol. The smallest absolute Gasteiger partial charge is 0.282 e. The van der Waals surface area contributed by atoms with Crippen molar-refractivity contribution in [2.75, 3.05) is 20.2 Å². The van der Waals surface area contributed by atoms with Crippen molar-refractivity contribution in [2.24, 2.45) is 5.41 Å². The van der Waals surface area contributed by atoms with Crippen LogP contribution in [-0.2, 0) is 0 Å². The van der Waals surface area contributed by atoms with Gasteiger partial charge in [-0.2, -0.15) is 0 Å². The Labute approximate surface area is 141 Å². The zero-order valence-electron chi connectivity index (χ0n) is 14.1. The summed E-state index contributed by atoms with van der Waals surface area (Å²) >= 11 is 0. The molecule has 0 aromatic heterocycles. The molecule has 0 bridgehead atoms. The summed E-state index contributed by atoms with van der Waals surface area (Å²) in [4.78, 5) is 25.3. The van der Waals surface area contributed by atoms with Crippen molar-refractivity contribution < 1.29 is 14.5 Å². The number of rotatable bonds is 3. The van der Waals surface area contributed by atoms with Gasteiger partial charge in [0, 0.05) is 19.2 Å². The molecule has 0 unspecified atom stereocenters. The summed E-state index contributed by atoms with van der Waals surface area (Å²) in [5, 5.41) is 11.2. The number of hydrogen-bond acceptors (Lipinski definition) is 4. The van der Waals surface area contributed by atoms with Crippen LogP contribution in [0.25, 0.3) is 0 Å². The molecule has 130 valence electrons. The predicted molar refractivity (Wildman–Crippen MR) is 90.3 cm³/mol. The number of amides is 1. The minimum Gasteiger partial charge on any atom is -0.497 e. The number of hydrogen-bond donors (Lipinski definition) is 0. The van der Waals surface area contributed by atoms with Crippen LogP contribution in [0, 0.1) is 15.5 Å². The van der Waals surface area contributed by atoms with Gasteiger partial charge < -0.3 is 9.64 Å². The number of carbonyl (C=O) groups excluding carboxylic acids is 1. The van der Waals surface area contributed by atoms with Gasteiger partial charge in [0.2, 0.25) is 0 Å². The Hall–Kier alpha value is -2.11. The van der Waals surface area contributed by atoms with Crippen LogP contribution in [0.15, 0.2) is 18.2 Å². The summed E-state index contributed by atoms with van der Waals surface area (Å²) in [7, 11) is 1.49. The lowest BCUT2D eigenvalue weighted by Gasteiger charge is -2.44. The van der Waals surface area contributed by atoms with Crippen LogP contribution in [0.5, 0.6) is 5.75 Å². The molecule has 6 nitrogen and oxygen atoms in total. The summed E-state index contributed by atoms with van der Waals surface area (Å²) in [5.41, 5.74) is 0.368. The van der Waals surface area contributed by atoms with E-state index >= 15 is 0 Å². The van der Waals surface area contributed by atoms with E-state index in [1.54, 1.807) is 4.90 Å². The minimum atomic E-state index is -0.501. The molecule has 0 atom stereocenters. The van der Waals surface area contributed by atoms with Crippen LogP contribution in [0.4, 0.5) is 5.69 Å². The van der Waals surface area contributed by atoms with Gasteiger partial charge in [-0.1, -0.05) is 19.3 Å². The Bertz CT molecular complexity index is 628. The topological polar surface area (TPSA) is 72.7 Å². The van der Waals surface area contributed by atoms with E-state index in [0.29, 0.717) is 24.3 Å². The quantitative estimate of drug-likeness (QED) is 0.623. The highest BCUT2D eigenvalue weighted by molar-refractivity contribution is 5.98. The van der Waals surface area contributed by atoms with Gasteiger partial charge in [0.1, 0.15) is 11.3 Å². The summed E-state index contributed by atoms with van der Waals surface area (Å²) in [5.74, 6) is 0.205. The third-order valence-electron chi connectivity index (χ3n) is 5.66. The molecule has 6 heteroatoms. The number of carbonyl (C=O) groups is 1. The molecule has 1 aliphatic heterocycles. The Balaban J connectivity index is 1.76. The fraction of sp³-hybridized carbons (Fsp3) is 0.611. The number of benzene rings is 1. The molecule has 1 amide bonds. The van der Waals surface area contributed by atoms with Crippen LogP contribution < -0.4 is 4.74 Å². The molecule has 1 saturated heterocycles. The van der Waals surface area contributed by atoms with Gasteiger partial charge in [-0.15, -0.1) is 0 Å². The van der Waals surface area contributed by atoms with Crippen molar-refractivity contribution in [3.63, 3.8) is 0 Å². The molecule has 1 aliphatic carbocycles. The van der Waals surface area contributed by atoms with E-state index in [1.165, 1.54) is 57.4 Å². The van der Waals surface area contributed by atoms with Crippen LogP contribution >= 0.6 is 0 Å². The molecule has 1 spiro atoms. The van der Waals surface area contributed by atoms with Crippen molar-refractivity contribution in [3.8, 4) is 5.75 Å². The van der Waals surface area contributed by atoms with E-state index in [1.807, 2.05) is 0 Å². The molecule has 3 rings (SSSR count). The van der Waals surface area contributed by atoms with E-state index in [4.69, 9.17) is 4.74 Å². The number of nitro groups is 1. The highest BCUT2D eigenvalue weighted by Crippen LogP contribution is 2.44. The molecule has 1 aromatic rings. The van der Waals surface area contributed by atoms with Crippen LogP contribution in [0.2, 0.25) is 0 Å². The Morgan fingerprint density at radius 3 is 2.42 bits per heavy atom. The minimum absolute atomic E-state index is 0.124. The first-order chi connectivity index (χ1) is 11.5. The van der Waals surface area contributed by atoms with Crippen molar-refractivity contribution in [1.82, 2.24) is 4.90 Å². The number of methoxy groups -OCH3 is 1. The second-order valence-corrected chi connectivity index (χ2v) is 6.99. The second kappa shape index (κ2) is 6.79. The lowest BCUT2D eigenvalue weighted by atomic mass is 9.68. The first-order valence-corrected chi connectivity index (χ1v) is 8.66. The number of nitrogens with zero attached hydrogens (tertiary/aromatic N) is 2. The van der Waals surface area contributed by atoms with Crippen molar-refractivity contribution in [3.05, 3.63) is 33.9 Å². The predicted octanol–water partition coefficient (Wildman–Crippen LogP) is 3.79. The molecular weight excluding hydrogens is 308 g/mol. The van der Waals surface area contributed by atoms with Gasteiger partial charge in [0.05, 0.1) is 12.0 Å². The standard InChI is InChI=1S/C18H24N2O4/c1-24-14-5-6-16(20(22)23)15(13-14)17(21)19-11-9-18(10-12-19)7-3-2-4-8-18/h5-6,13H,2-4,7-12H2,1H3. The molecule has 1 saturated carbocycles. The maximum atomic E-state index is 12.8. The third kappa shape index (κ3) is 3.23. The van der Waals surface area contributed by atoms with Crippen molar-refractivity contribution >= 4 is 11.6 Å². The molecule has 2 aliphatic rings. The first kappa shape index (κ1) is 16.7. The lowest BCUT2D eigenvalue weighted by molar-refractivity contribution is -0.385. The number of ether oxygens (including phenoxy) is 1. The zero-order valence-corrected chi connectivity index (χ0v) is 14.1. The summed E-state index contributed by atoms with van der Waals surface area (Å²) < 4.78 is 5.12. The van der Waals surface area contributed by atoms with E-state index in [0.717, 1.165) is 12.8 Å². The first-order valence-electron chi connectivity index (χ1n) is 8.66.